The molecule has 2 unspecified atom stereocenters. The van der Waals surface area contributed by atoms with Gasteiger partial charge in [-0.3, -0.25) is 15.5 Å². The highest BCUT2D eigenvalue weighted by Crippen LogP contribution is 2.38. The van der Waals surface area contributed by atoms with E-state index in [2.05, 4.69) is 5.10 Å². The van der Waals surface area contributed by atoms with E-state index >= 15 is 0 Å². The topological polar surface area (TPSA) is 70.8 Å². The quantitative estimate of drug-likeness (QED) is 0.168. The second-order valence-corrected chi connectivity index (χ2v) is 7.88. The molecule has 0 bridgehead atoms. The lowest BCUT2D eigenvalue weighted by Gasteiger charge is -2.27. The van der Waals surface area contributed by atoms with Crippen molar-refractivity contribution in [2.75, 3.05) is 5.43 Å². The molecular weight excluding hydrogens is 497 g/mol. The number of benzene rings is 2. The summed E-state index contributed by atoms with van der Waals surface area (Å²) < 4.78 is 94.0. The van der Waals surface area contributed by atoms with Gasteiger partial charge in [-0.2, -0.15) is 18.3 Å². The standard InChI is InChI=1S/C23H15F7N4O2/c24-18-17(23(28,29)30)19(25)21(27)22(20(18)26)32-31-9-13-11-33(16-4-2-1-3-15(13)16)10-12-5-7-14(8-6-12)34(35)36/h1-9,11,15-16,32H,10H2. The van der Waals surface area contributed by atoms with Gasteiger partial charge in [0.25, 0.3) is 5.69 Å². The second kappa shape index (κ2) is 9.47. The number of hydrazone groups is 1. The van der Waals surface area contributed by atoms with Crippen LogP contribution in [0.3, 0.4) is 0 Å². The third-order valence-electron chi connectivity index (χ3n) is 5.64. The highest BCUT2D eigenvalue weighted by atomic mass is 19.4. The van der Waals surface area contributed by atoms with E-state index in [4.69, 9.17) is 0 Å². The molecule has 1 aliphatic carbocycles. The van der Waals surface area contributed by atoms with E-state index in [0.29, 0.717) is 12.1 Å². The third kappa shape index (κ3) is 4.68. The van der Waals surface area contributed by atoms with E-state index < -0.39 is 45.6 Å². The average Bonchev–Trinajstić information content (AvgIpc) is 3.17. The van der Waals surface area contributed by atoms with Crippen molar-refractivity contribution >= 4 is 17.6 Å². The molecule has 188 valence electrons. The second-order valence-electron chi connectivity index (χ2n) is 7.88. The molecule has 1 aliphatic heterocycles. The Morgan fingerprint density at radius 1 is 1.00 bits per heavy atom. The van der Waals surface area contributed by atoms with Gasteiger partial charge >= 0.3 is 6.18 Å². The molecule has 1 N–H and O–H groups in total. The summed E-state index contributed by atoms with van der Waals surface area (Å²) in [6, 6.07) is 5.72. The molecule has 2 aliphatic rings. The number of anilines is 1. The van der Waals surface area contributed by atoms with Crippen molar-refractivity contribution < 1.29 is 35.7 Å². The van der Waals surface area contributed by atoms with Gasteiger partial charge in [0.1, 0.15) is 11.3 Å². The number of fused-ring (bicyclic) bond motifs is 1. The van der Waals surface area contributed by atoms with Crippen molar-refractivity contribution in [2.24, 2.45) is 11.0 Å². The Bertz CT molecular complexity index is 1290. The molecule has 0 saturated heterocycles. The van der Waals surface area contributed by atoms with E-state index in [1.165, 1.54) is 12.1 Å². The highest BCUT2D eigenvalue weighted by molar-refractivity contribution is 5.82. The highest BCUT2D eigenvalue weighted by Gasteiger charge is 2.42. The van der Waals surface area contributed by atoms with E-state index in [1.807, 2.05) is 17.1 Å². The Morgan fingerprint density at radius 2 is 1.61 bits per heavy atom. The van der Waals surface area contributed by atoms with E-state index in [0.717, 1.165) is 11.8 Å². The Labute approximate surface area is 198 Å². The Morgan fingerprint density at radius 3 is 2.19 bits per heavy atom. The molecule has 2 aromatic carbocycles. The van der Waals surface area contributed by atoms with Crippen LogP contribution in [-0.2, 0) is 12.7 Å². The normalized spacial score (nSPS) is 19.1. The molecule has 0 saturated carbocycles. The van der Waals surface area contributed by atoms with Crippen molar-refractivity contribution in [3.05, 3.63) is 105 Å². The van der Waals surface area contributed by atoms with Crippen molar-refractivity contribution in [2.45, 2.75) is 18.8 Å². The van der Waals surface area contributed by atoms with Crippen LogP contribution in [0.1, 0.15) is 11.1 Å². The minimum absolute atomic E-state index is 0.0661. The summed E-state index contributed by atoms with van der Waals surface area (Å²) in [6.07, 6.45) is 4.40. The van der Waals surface area contributed by atoms with Crippen LogP contribution in [0.15, 0.2) is 65.4 Å². The summed E-state index contributed by atoms with van der Waals surface area (Å²) in [4.78, 5) is 12.2. The number of nitro benzene ring substituents is 1. The third-order valence-corrected chi connectivity index (χ3v) is 5.64. The SMILES string of the molecule is O=[N+]([O-])c1ccc(CN2C=C(C=NNc3c(F)c(F)c(C(F)(F)F)c(F)c3F)C3C=CC=CC32)cc1. The summed E-state index contributed by atoms with van der Waals surface area (Å²) in [6.45, 7) is 0.348. The molecule has 4 rings (SSSR count). The molecule has 0 aromatic heterocycles. The van der Waals surface area contributed by atoms with Gasteiger partial charge in [0.05, 0.1) is 17.2 Å². The van der Waals surface area contributed by atoms with Gasteiger partial charge in [0.15, 0.2) is 23.3 Å². The molecular formula is C23H15F7N4O2. The van der Waals surface area contributed by atoms with E-state index in [9.17, 15) is 40.8 Å². The summed E-state index contributed by atoms with van der Waals surface area (Å²) >= 11 is 0. The molecule has 0 spiro atoms. The van der Waals surface area contributed by atoms with Crippen molar-refractivity contribution in [3.8, 4) is 0 Å². The Balaban J connectivity index is 1.56. The van der Waals surface area contributed by atoms with Gasteiger partial charge in [-0.05, 0) is 11.1 Å². The number of nitro groups is 1. The molecule has 0 radical (unpaired) electrons. The number of allylic oxidation sites excluding steroid dienone is 2. The summed E-state index contributed by atoms with van der Waals surface area (Å²) in [5.41, 5.74) is -1.22. The van der Waals surface area contributed by atoms with Crippen LogP contribution >= 0.6 is 0 Å². The van der Waals surface area contributed by atoms with Crippen LogP contribution in [-0.4, -0.2) is 22.1 Å². The number of hydrogen-bond donors (Lipinski definition) is 1. The molecule has 2 aromatic rings. The minimum Gasteiger partial charge on any atom is -0.365 e. The number of non-ortho nitro benzene ring substituents is 1. The summed E-state index contributed by atoms with van der Waals surface area (Å²) in [7, 11) is 0. The number of rotatable bonds is 6. The monoisotopic (exact) mass is 512 g/mol. The maximum atomic E-state index is 14.1. The molecule has 6 nitrogen and oxygen atoms in total. The van der Waals surface area contributed by atoms with Crippen LogP contribution in [0, 0.1) is 39.3 Å². The predicted molar refractivity (Wildman–Crippen MR) is 116 cm³/mol. The zero-order valence-electron chi connectivity index (χ0n) is 17.9. The number of halogens is 7. The Hall–Kier alpha value is -4.16. The predicted octanol–water partition coefficient (Wildman–Crippen LogP) is 6.08. The number of nitrogens with zero attached hydrogens (tertiary/aromatic N) is 3. The first kappa shape index (κ1) is 24.9. The summed E-state index contributed by atoms with van der Waals surface area (Å²) in [5, 5.41) is 14.4. The van der Waals surface area contributed by atoms with Gasteiger partial charge in [-0.25, -0.2) is 17.6 Å². The fourth-order valence-corrected chi connectivity index (χ4v) is 3.94. The molecule has 0 fully saturated rings. The average molecular weight is 512 g/mol. The van der Waals surface area contributed by atoms with Crippen LogP contribution < -0.4 is 5.43 Å². The van der Waals surface area contributed by atoms with Crippen molar-refractivity contribution in [1.82, 2.24) is 4.90 Å². The van der Waals surface area contributed by atoms with Crippen molar-refractivity contribution in [3.63, 3.8) is 0 Å². The number of nitrogens with one attached hydrogen (secondary N) is 1. The van der Waals surface area contributed by atoms with Crippen LogP contribution in [0.5, 0.6) is 0 Å². The van der Waals surface area contributed by atoms with Crippen LogP contribution in [0.4, 0.5) is 42.1 Å². The number of hydrogen-bond acceptors (Lipinski definition) is 5. The largest absolute Gasteiger partial charge is 0.422 e. The lowest BCUT2D eigenvalue weighted by Crippen LogP contribution is -2.30. The smallest absolute Gasteiger partial charge is 0.365 e. The van der Waals surface area contributed by atoms with Gasteiger partial charge in [-0.15, -0.1) is 0 Å². The van der Waals surface area contributed by atoms with Crippen LogP contribution in [0.25, 0.3) is 0 Å². The van der Waals surface area contributed by atoms with Crippen LogP contribution in [0.2, 0.25) is 0 Å². The number of alkyl halides is 3. The zero-order chi connectivity index (χ0) is 26.2. The first-order chi connectivity index (χ1) is 17.0. The van der Waals surface area contributed by atoms with Gasteiger partial charge in [0.2, 0.25) is 0 Å². The van der Waals surface area contributed by atoms with E-state index in [-0.39, 0.29) is 17.6 Å². The lowest BCUT2D eigenvalue weighted by molar-refractivity contribution is -0.384. The molecule has 1 heterocycles. The maximum absolute atomic E-state index is 14.1. The van der Waals surface area contributed by atoms with Gasteiger partial charge in [0, 0.05) is 30.8 Å². The zero-order valence-corrected chi connectivity index (χ0v) is 17.9. The fraction of sp³-hybridized carbons (Fsp3) is 0.174. The first-order valence-electron chi connectivity index (χ1n) is 10.3. The lowest BCUT2D eigenvalue weighted by atomic mass is 9.91. The van der Waals surface area contributed by atoms with Crippen molar-refractivity contribution in [1.29, 1.82) is 0 Å². The first-order valence-corrected chi connectivity index (χ1v) is 10.3. The fourth-order valence-electron chi connectivity index (χ4n) is 3.94. The van der Waals surface area contributed by atoms with Gasteiger partial charge in [-0.1, -0.05) is 36.4 Å². The molecule has 36 heavy (non-hydrogen) atoms. The maximum Gasteiger partial charge on any atom is 0.422 e. The Kier molecular flexibility index (Phi) is 6.57. The van der Waals surface area contributed by atoms with E-state index in [1.54, 1.807) is 35.9 Å². The minimum atomic E-state index is -5.64. The van der Waals surface area contributed by atoms with Gasteiger partial charge < -0.3 is 4.90 Å². The molecule has 2 atom stereocenters. The molecule has 13 heteroatoms. The molecule has 0 amide bonds. The summed E-state index contributed by atoms with van der Waals surface area (Å²) in [5.74, 6) is -9.98.